The zero-order chi connectivity index (χ0) is 19.3. The Kier molecular flexibility index (Phi) is 6.10. The third-order valence-electron chi connectivity index (χ3n) is 5.63. The van der Waals surface area contributed by atoms with Crippen LogP contribution in [-0.2, 0) is 4.79 Å². The maximum absolute atomic E-state index is 12.1. The first-order valence-electron chi connectivity index (χ1n) is 10.1. The average molecular weight is 404 g/mol. The van der Waals surface area contributed by atoms with Gasteiger partial charge in [0.2, 0.25) is 17.6 Å². The van der Waals surface area contributed by atoms with Gasteiger partial charge >= 0.3 is 0 Å². The predicted molar refractivity (Wildman–Crippen MR) is 107 cm³/mol. The lowest BCUT2D eigenvalue weighted by Crippen LogP contribution is -2.49. The quantitative estimate of drug-likeness (QED) is 0.687. The van der Waals surface area contributed by atoms with Gasteiger partial charge in [0.1, 0.15) is 5.82 Å². The van der Waals surface area contributed by atoms with Crippen LogP contribution in [0.15, 0.2) is 22.9 Å². The highest BCUT2D eigenvalue weighted by Gasteiger charge is 2.24. The van der Waals surface area contributed by atoms with E-state index in [0.29, 0.717) is 24.0 Å². The third kappa shape index (κ3) is 4.29. The van der Waals surface area contributed by atoms with Crippen molar-refractivity contribution < 1.29 is 9.32 Å². The summed E-state index contributed by atoms with van der Waals surface area (Å²) in [6.07, 6.45) is 7.83. The summed E-state index contributed by atoms with van der Waals surface area (Å²) in [5.74, 6) is 3.42. The van der Waals surface area contributed by atoms with E-state index in [1.807, 2.05) is 17.0 Å². The van der Waals surface area contributed by atoms with Crippen molar-refractivity contribution in [3.8, 4) is 11.4 Å². The van der Waals surface area contributed by atoms with Gasteiger partial charge in [0.25, 0.3) is 0 Å². The van der Waals surface area contributed by atoms with Crippen molar-refractivity contribution in [2.24, 2.45) is 0 Å². The van der Waals surface area contributed by atoms with Crippen LogP contribution in [0.4, 0.5) is 5.82 Å². The molecule has 2 fully saturated rings. The number of anilines is 1. The van der Waals surface area contributed by atoms with Gasteiger partial charge in [0.05, 0.1) is 0 Å². The molecule has 8 heteroatoms. The standard InChI is InChI=1S/C20H26ClN5O2/c21-9-3-6-18(27)26-12-10-25(11-13-26)17-8-7-16(14-22-17)19-23-20(28-24-19)15-4-1-2-5-15/h7-8,14-15H,1-6,9-13H2. The van der Waals surface area contributed by atoms with Crippen molar-refractivity contribution in [1.82, 2.24) is 20.0 Å². The van der Waals surface area contributed by atoms with E-state index in [4.69, 9.17) is 16.1 Å². The number of aromatic nitrogens is 3. The normalized spacial score (nSPS) is 18.0. The zero-order valence-electron chi connectivity index (χ0n) is 16.0. The molecule has 4 rings (SSSR count). The number of hydrogen-bond acceptors (Lipinski definition) is 6. The first-order valence-corrected chi connectivity index (χ1v) is 10.7. The van der Waals surface area contributed by atoms with Crippen LogP contribution in [0.1, 0.15) is 50.3 Å². The van der Waals surface area contributed by atoms with E-state index in [1.165, 1.54) is 12.8 Å². The van der Waals surface area contributed by atoms with Gasteiger partial charge in [0.15, 0.2) is 0 Å². The minimum absolute atomic E-state index is 0.193. The number of halogens is 1. The van der Waals surface area contributed by atoms with E-state index in [2.05, 4.69) is 20.0 Å². The van der Waals surface area contributed by atoms with Gasteiger partial charge in [-0.3, -0.25) is 4.79 Å². The molecule has 1 aliphatic carbocycles. The second-order valence-corrected chi connectivity index (χ2v) is 7.88. The van der Waals surface area contributed by atoms with Crippen LogP contribution < -0.4 is 4.90 Å². The molecular weight excluding hydrogens is 378 g/mol. The van der Waals surface area contributed by atoms with Gasteiger partial charge in [-0.25, -0.2) is 4.98 Å². The summed E-state index contributed by atoms with van der Waals surface area (Å²) in [5.41, 5.74) is 0.867. The molecule has 0 unspecified atom stereocenters. The Morgan fingerprint density at radius 3 is 2.64 bits per heavy atom. The van der Waals surface area contributed by atoms with Gasteiger partial charge in [-0.05, 0) is 31.4 Å². The first-order chi connectivity index (χ1) is 13.7. The summed E-state index contributed by atoms with van der Waals surface area (Å²) in [6, 6.07) is 3.98. The highest BCUT2D eigenvalue weighted by molar-refractivity contribution is 6.17. The van der Waals surface area contributed by atoms with Crippen LogP contribution in [0.5, 0.6) is 0 Å². The second-order valence-electron chi connectivity index (χ2n) is 7.50. The molecule has 0 radical (unpaired) electrons. The fourth-order valence-electron chi connectivity index (χ4n) is 3.96. The first kappa shape index (κ1) is 19.2. The Hall–Kier alpha value is -2.15. The molecule has 1 saturated carbocycles. The number of piperazine rings is 1. The molecule has 1 amide bonds. The monoisotopic (exact) mass is 403 g/mol. The molecule has 0 aromatic carbocycles. The Labute approximate surface area is 170 Å². The van der Waals surface area contributed by atoms with Crippen LogP contribution in [0.2, 0.25) is 0 Å². The lowest BCUT2D eigenvalue weighted by molar-refractivity contribution is -0.131. The van der Waals surface area contributed by atoms with Crippen LogP contribution >= 0.6 is 11.6 Å². The molecule has 0 atom stereocenters. The summed E-state index contributed by atoms with van der Waals surface area (Å²) < 4.78 is 5.47. The van der Waals surface area contributed by atoms with Crippen LogP contribution in [0, 0.1) is 0 Å². The zero-order valence-corrected chi connectivity index (χ0v) is 16.8. The van der Waals surface area contributed by atoms with Gasteiger partial charge < -0.3 is 14.3 Å². The molecule has 7 nitrogen and oxygen atoms in total. The smallest absolute Gasteiger partial charge is 0.230 e. The second kappa shape index (κ2) is 8.90. The number of nitrogens with zero attached hydrogens (tertiary/aromatic N) is 5. The van der Waals surface area contributed by atoms with E-state index < -0.39 is 0 Å². The molecule has 0 bridgehead atoms. The SMILES string of the molecule is O=C(CCCCl)N1CCN(c2ccc(-c3noc(C4CCCC4)n3)cn2)CC1. The van der Waals surface area contributed by atoms with Crippen molar-refractivity contribution in [2.75, 3.05) is 37.0 Å². The minimum Gasteiger partial charge on any atom is -0.353 e. The fraction of sp³-hybridized carbons (Fsp3) is 0.600. The summed E-state index contributed by atoms with van der Waals surface area (Å²) in [4.78, 5) is 25.4. The van der Waals surface area contributed by atoms with Crippen LogP contribution in [0.3, 0.4) is 0 Å². The number of alkyl halides is 1. The molecular formula is C20H26ClN5O2. The molecule has 2 aromatic heterocycles. The van der Waals surface area contributed by atoms with Gasteiger partial charge in [-0.15, -0.1) is 11.6 Å². The topological polar surface area (TPSA) is 75.4 Å². The summed E-state index contributed by atoms with van der Waals surface area (Å²) in [5, 5.41) is 4.13. The Bertz CT molecular complexity index is 780. The third-order valence-corrected chi connectivity index (χ3v) is 5.90. The molecule has 2 aliphatic rings. The molecule has 28 heavy (non-hydrogen) atoms. The van der Waals surface area contributed by atoms with Gasteiger partial charge in [-0.2, -0.15) is 4.98 Å². The molecule has 3 heterocycles. The van der Waals surface area contributed by atoms with Gasteiger partial charge in [0, 0.05) is 56.2 Å². The van der Waals surface area contributed by atoms with Gasteiger partial charge in [-0.1, -0.05) is 18.0 Å². The Morgan fingerprint density at radius 2 is 1.96 bits per heavy atom. The van der Waals surface area contributed by atoms with E-state index in [-0.39, 0.29) is 5.91 Å². The van der Waals surface area contributed by atoms with Crippen molar-refractivity contribution in [3.63, 3.8) is 0 Å². The number of rotatable bonds is 6. The van der Waals surface area contributed by atoms with Crippen molar-refractivity contribution >= 4 is 23.3 Å². The average Bonchev–Trinajstić information content (AvgIpc) is 3.44. The number of amides is 1. The molecule has 1 saturated heterocycles. The van der Waals surface area contributed by atoms with E-state index in [0.717, 1.165) is 62.7 Å². The van der Waals surface area contributed by atoms with Crippen LogP contribution in [-0.4, -0.2) is 58.0 Å². The van der Waals surface area contributed by atoms with Crippen LogP contribution in [0.25, 0.3) is 11.4 Å². The lowest BCUT2D eigenvalue weighted by atomic mass is 10.1. The van der Waals surface area contributed by atoms with Crippen molar-refractivity contribution in [3.05, 3.63) is 24.2 Å². The summed E-state index contributed by atoms with van der Waals surface area (Å²) in [7, 11) is 0. The minimum atomic E-state index is 0.193. The highest BCUT2D eigenvalue weighted by Crippen LogP contribution is 2.33. The fourth-order valence-corrected chi connectivity index (χ4v) is 4.09. The maximum atomic E-state index is 12.1. The molecule has 2 aromatic rings. The molecule has 0 N–H and O–H groups in total. The molecule has 1 aliphatic heterocycles. The number of carbonyl (C=O) groups excluding carboxylic acids is 1. The Balaban J connectivity index is 1.34. The predicted octanol–water partition coefficient (Wildman–Crippen LogP) is 3.46. The largest absolute Gasteiger partial charge is 0.353 e. The molecule has 150 valence electrons. The number of carbonyl (C=O) groups is 1. The van der Waals surface area contributed by atoms with Crippen molar-refractivity contribution in [2.45, 2.75) is 44.4 Å². The number of pyridine rings is 1. The van der Waals surface area contributed by atoms with E-state index in [1.54, 1.807) is 6.20 Å². The van der Waals surface area contributed by atoms with E-state index in [9.17, 15) is 4.79 Å². The number of hydrogen-bond donors (Lipinski definition) is 0. The summed E-state index contributed by atoms with van der Waals surface area (Å²) >= 11 is 5.68. The highest BCUT2D eigenvalue weighted by atomic mass is 35.5. The lowest BCUT2D eigenvalue weighted by Gasteiger charge is -2.35. The van der Waals surface area contributed by atoms with E-state index >= 15 is 0 Å². The Morgan fingerprint density at radius 1 is 1.18 bits per heavy atom. The van der Waals surface area contributed by atoms with Crippen molar-refractivity contribution in [1.29, 1.82) is 0 Å². The molecule has 0 spiro atoms. The maximum Gasteiger partial charge on any atom is 0.230 e. The summed E-state index contributed by atoms with van der Waals surface area (Å²) in [6.45, 7) is 3.01.